The number of benzene rings is 1. The standard InChI is InChI=1S/C17H25NO3/c1-2-15(14-5-3-4-6-16(14)19)18-13-7-9-17(10-8-13)20-11-12-21-17/h3-6,13,15,18-19H,2,7-12H2,1H3. The molecule has 1 aliphatic carbocycles. The van der Waals surface area contributed by atoms with Crippen molar-refractivity contribution in [2.24, 2.45) is 0 Å². The molecule has 1 aliphatic heterocycles. The zero-order valence-corrected chi connectivity index (χ0v) is 12.7. The third-order valence-electron chi connectivity index (χ3n) is 4.72. The predicted octanol–water partition coefficient (Wildman–Crippen LogP) is 3.12. The highest BCUT2D eigenvalue weighted by Gasteiger charge is 2.40. The maximum atomic E-state index is 10.0. The summed E-state index contributed by atoms with van der Waals surface area (Å²) in [6.07, 6.45) is 5.00. The third-order valence-corrected chi connectivity index (χ3v) is 4.72. The third kappa shape index (κ3) is 3.23. The van der Waals surface area contributed by atoms with Crippen molar-refractivity contribution < 1.29 is 14.6 Å². The van der Waals surface area contributed by atoms with E-state index in [-0.39, 0.29) is 11.8 Å². The predicted molar refractivity (Wildman–Crippen MR) is 81.2 cm³/mol. The topological polar surface area (TPSA) is 50.7 Å². The maximum Gasteiger partial charge on any atom is 0.168 e. The van der Waals surface area contributed by atoms with Crippen molar-refractivity contribution in [1.82, 2.24) is 5.32 Å². The number of rotatable bonds is 4. The Kier molecular flexibility index (Phi) is 4.48. The first-order valence-electron chi connectivity index (χ1n) is 8.04. The Morgan fingerprint density at radius 1 is 1.24 bits per heavy atom. The fraction of sp³-hybridized carbons (Fsp3) is 0.647. The molecular formula is C17H25NO3. The second kappa shape index (κ2) is 6.34. The molecule has 2 N–H and O–H groups in total. The van der Waals surface area contributed by atoms with Crippen LogP contribution >= 0.6 is 0 Å². The highest BCUT2D eigenvalue weighted by atomic mass is 16.7. The van der Waals surface area contributed by atoms with Crippen LogP contribution in [0.15, 0.2) is 24.3 Å². The molecule has 0 bridgehead atoms. The summed E-state index contributed by atoms with van der Waals surface area (Å²) in [6, 6.07) is 8.28. The fourth-order valence-corrected chi connectivity index (χ4v) is 3.50. The van der Waals surface area contributed by atoms with E-state index in [2.05, 4.69) is 12.2 Å². The molecule has 4 nitrogen and oxygen atoms in total. The van der Waals surface area contributed by atoms with Crippen molar-refractivity contribution in [3.05, 3.63) is 29.8 Å². The minimum Gasteiger partial charge on any atom is -0.508 e. The Bertz CT molecular complexity index is 461. The van der Waals surface area contributed by atoms with Gasteiger partial charge in [-0.2, -0.15) is 0 Å². The minimum atomic E-state index is -0.297. The number of hydrogen-bond donors (Lipinski definition) is 2. The van der Waals surface area contributed by atoms with Gasteiger partial charge in [-0.05, 0) is 25.3 Å². The van der Waals surface area contributed by atoms with Crippen molar-refractivity contribution in [3.8, 4) is 5.75 Å². The minimum absolute atomic E-state index is 0.204. The Hall–Kier alpha value is -1.10. The van der Waals surface area contributed by atoms with Gasteiger partial charge in [0, 0.05) is 30.5 Å². The highest BCUT2D eigenvalue weighted by molar-refractivity contribution is 5.34. The quantitative estimate of drug-likeness (QED) is 0.895. The lowest BCUT2D eigenvalue weighted by Crippen LogP contribution is -2.43. The van der Waals surface area contributed by atoms with E-state index in [9.17, 15) is 5.11 Å². The molecule has 4 heteroatoms. The first-order chi connectivity index (χ1) is 10.2. The van der Waals surface area contributed by atoms with Crippen LogP contribution in [-0.4, -0.2) is 30.1 Å². The maximum absolute atomic E-state index is 10.0. The number of hydrogen-bond acceptors (Lipinski definition) is 4. The first-order valence-corrected chi connectivity index (χ1v) is 8.04. The molecule has 0 radical (unpaired) electrons. The molecule has 1 saturated heterocycles. The Labute approximate surface area is 126 Å². The summed E-state index contributed by atoms with van der Waals surface area (Å²) in [6.45, 7) is 3.61. The van der Waals surface area contributed by atoms with Gasteiger partial charge in [0.1, 0.15) is 5.75 Å². The molecule has 1 aromatic rings. The van der Waals surface area contributed by atoms with E-state index < -0.39 is 0 Å². The number of phenolic OH excluding ortho intramolecular Hbond substituents is 1. The summed E-state index contributed by atoms with van der Waals surface area (Å²) in [5, 5.41) is 13.7. The summed E-state index contributed by atoms with van der Waals surface area (Å²) < 4.78 is 11.5. The lowest BCUT2D eigenvalue weighted by molar-refractivity contribution is -0.179. The van der Waals surface area contributed by atoms with Crippen LogP contribution in [0.5, 0.6) is 5.75 Å². The van der Waals surface area contributed by atoms with Crippen molar-refractivity contribution in [3.63, 3.8) is 0 Å². The van der Waals surface area contributed by atoms with Gasteiger partial charge in [0.15, 0.2) is 5.79 Å². The second-order valence-corrected chi connectivity index (χ2v) is 6.07. The number of para-hydroxylation sites is 1. The van der Waals surface area contributed by atoms with Gasteiger partial charge in [-0.3, -0.25) is 0 Å². The molecular weight excluding hydrogens is 266 g/mol. The van der Waals surface area contributed by atoms with Gasteiger partial charge < -0.3 is 19.9 Å². The van der Waals surface area contributed by atoms with E-state index in [0.717, 1.165) is 50.9 Å². The molecule has 2 aliphatic rings. The molecule has 1 atom stereocenters. The van der Waals surface area contributed by atoms with E-state index in [1.54, 1.807) is 6.07 Å². The van der Waals surface area contributed by atoms with E-state index in [0.29, 0.717) is 11.8 Å². The Morgan fingerprint density at radius 2 is 1.90 bits per heavy atom. The molecule has 1 saturated carbocycles. The van der Waals surface area contributed by atoms with E-state index >= 15 is 0 Å². The fourth-order valence-electron chi connectivity index (χ4n) is 3.50. The molecule has 2 fully saturated rings. The van der Waals surface area contributed by atoms with E-state index in [1.807, 2.05) is 18.2 Å². The molecule has 21 heavy (non-hydrogen) atoms. The van der Waals surface area contributed by atoms with Crippen LogP contribution in [0.25, 0.3) is 0 Å². The smallest absolute Gasteiger partial charge is 0.168 e. The molecule has 0 aromatic heterocycles. The summed E-state index contributed by atoms with van der Waals surface area (Å²) in [4.78, 5) is 0. The lowest BCUT2D eigenvalue weighted by atomic mass is 9.89. The Morgan fingerprint density at radius 3 is 2.52 bits per heavy atom. The van der Waals surface area contributed by atoms with E-state index in [1.165, 1.54) is 0 Å². The lowest BCUT2D eigenvalue weighted by Gasteiger charge is -2.37. The summed E-state index contributed by atoms with van der Waals surface area (Å²) in [5.41, 5.74) is 0.994. The molecule has 116 valence electrons. The molecule has 1 aromatic carbocycles. The number of nitrogens with one attached hydrogen (secondary N) is 1. The van der Waals surface area contributed by atoms with E-state index in [4.69, 9.17) is 9.47 Å². The molecule has 1 heterocycles. The molecule has 3 rings (SSSR count). The molecule has 1 unspecified atom stereocenters. The first kappa shape index (κ1) is 14.8. The van der Waals surface area contributed by atoms with Gasteiger partial charge in [0.2, 0.25) is 0 Å². The summed E-state index contributed by atoms with van der Waals surface area (Å²) in [7, 11) is 0. The van der Waals surface area contributed by atoms with Crippen LogP contribution < -0.4 is 5.32 Å². The average Bonchev–Trinajstić information content (AvgIpc) is 2.96. The summed E-state index contributed by atoms with van der Waals surface area (Å²) >= 11 is 0. The van der Waals surface area contributed by atoms with Crippen LogP contribution in [0.3, 0.4) is 0 Å². The van der Waals surface area contributed by atoms with Gasteiger partial charge in [-0.1, -0.05) is 25.1 Å². The second-order valence-electron chi connectivity index (χ2n) is 6.07. The number of aromatic hydroxyl groups is 1. The SMILES string of the molecule is CCC(NC1CCC2(CC1)OCCO2)c1ccccc1O. The van der Waals surface area contributed by atoms with Crippen LogP contribution in [0.4, 0.5) is 0 Å². The zero-order chi connectivity index (χ0) is 14.7. The largest absolute Gasteiger partial charge is 0.508 e. The van der Waals surface area contributed by atoms with Crippen molar-refractivity contribution >= 4 is 0 Å². The number of phenols is 1. The average molecular weight is 291 g/mol. The van der Waals surface area contributed by atoms with Crippen LogP contribution in [0.1, 0.15) is 50.6 Å². The highest BCUT2D eigenvalue weighted by Crippen LogP contribution is 2.37. The Balaban J connectivity index is 1.60. The zero-order valence-electron chi connectivity index (χ0n) is 12.7. The normalized spacial score (nSPS) is 23.5. The van der Waals surface area contributed by atoms with Gasteiger partial charge in [0.05, 0.1) is 13.2 Å². The van der Waals surface area contributed by atoms with Gasteiger partial charge >= 0.3 is 0 Å². The van der Waals surface area contributed by atoms with Gasteiger partial charge in [-0.25, -0.2) is 0 Å². The monoisotopic (exact) mass is 291 g/mol. The van der Waals surface area contributed by atoms with Gasteiger partial charge in [0.25, 0.3) is 0 Å². The molecule has 0 amide bonds. The van der Waals surface area contributed by atoms with Crippen LogP contribution in [0.2, 0.25) is 0 Å². The van der Waals surface area contributed by atoms with Crippen molar-refractivity contribution in [1.29, 1.82) is 0 Å². The van der Waals surface area contributed by atoms with Gasteiger partial charge in [-0.15, -0.1) is 0 Å². The van der Waals surface area contributed by atoms with Crippen LogP contribution in [0, 0.1) is 0 Å². The van der Waals surface area contributed by atoms with Crippen LogP contribution in [-0.2, 0) is 9.47 Å². The molecule has 1 spiro atoms. The summed E-state index contributed by atoms with van der Waals surface area (Å²) in [5.74, 6) is 0.0843. The van der Waals surface area contributed by atoms with Crippen molar-refractivity contribution in [2.75, 3.05) is 13.2 Å². The number of ether oxygens (including phenoxy) is 2. The van der Waals surface area contributed by atoms with Crippen molar-refractivity contribution in [2.45, 2.75) is 56.9 Å².